The number of benzene rings is 1. The number of likely N-dealkylation sites (N-methyl/N-ethyl adjacent to an activating group) is 1. The molecule has 2 fully saturated rings. The predicted octanol–water partition coefficient (Wildman–Crippen LogP) is 1.83. The molecule has 0 aliphatic carbocycles. The Balaban J connectivity index is 1.77. The summed E-state index contributed by atoms with van der Waals surface area (Å²) in [6.45, 7) is 12.3. The number of piperazine rings is 1. The lowest BCUT2D eigenvalue weighted by molar-refractivity contribution is -0.384. The SMILES string of the molecule is CC1CN(C(C)(C)CNc2ccc(S(=O)(=O)N3CCN(C)CC3)cc2[N+](=O)[O-])CC(C)O1. The minimum absolute atomic E-state index is 0.0469. The van der Waals surface area contributed by atoms with E-state index in [0.717, 1.165) is 13.1 Å². The molecule has 0 saturated carbocycles. The first-order valence-electron chi connectivity index (χ1n) is 11.0. The molecule has 2 aliphatic heterocycles. The van der Waals surface area contributed by atoms with E-state index < -0.39 is 14.9 Å². The number of morpholine rings is 1. The van der Waals surface area contributed by atoms with Gasteiger partial charge in [0.1, 0.15) is 5.69 Å². The third-order valence-corrected chi connectivity index (χ3v) is 8.15. The molecule has 11 heteroatoms. The lowest BCUT2D eigenvalue weighted by atomic mass is 10.00. The number of hydrogen-bond acceptors (Lipinski definition) is 8. The first-order valence-corrected chi connectivity index (χ1v) is 12.5. The van der Waals surface area contributed by atoms with Gasteiger partial charge >= 0.3 is 0 Å². The topological polar surface area (TPSA) is 108 Å². The molecule has 1 aromatic rings. The molecule has 2 aliphatic rings. The molecular weight excluding hydrogens is 434 g/mol. The van der Waals surface area contributed by atoms with Gasteiger partial charge in [-0.05, 0) is 46.9 Å². The van der Waals surface area contributed by atoms with E-state index in [1.165, 1.54) is 22.5 Å². The summed E-state index contributed by atoms with van der Waals surface area (Å²) in [6.07, 6.45) is 0.234. The van der Waals surface area contributed by atoms with Crippen molar-refractivity contribution in [2.75, 3.05) is 58.2 Å². The van der Waals surface area contributed by atoms with E-state index in [9.17, 15) is 18.5 Å². The number of nitro benzene ring substituents is 1. The van der Waals surface area contributed by atoms with Gasteiger partial charge in [0.05, 0.1) is 22.0 Å². The van der Waals surface area contributed by atoms with Crippen molar-refractivity contribution in [2.24, 2.45) is 0 Å². The first kappa shape index (κ1) is 24.8. The maximum Gasteiger partial charge on any atom is 0.293 e. The summed E-state index contributed by atoms with van der Waals surface area (Å²) >= 11 is 0. The van der Waals surface area contributed by atoms with Gasteiger partial charge in [-0.3, -0.25) is 15.0 Å². The average Bonchev–Trinajstić information content (AvgIpc) is 2.71. The normalized spacial score (nSPS) is 24.4. The van der Waals surface area contributed by atoms with Gasteiger partial charge in [0, 0.05) is 57.4 Å². The lowest BCUT2D eigenvalue weighted by Gasteiger charge is -2.45. The van der Waals surface area contributed by atoms with E-state index in [1.54, 1.807) is 0 Å². The van der Waals surface area contributed by atoms with E-state index in [-0.39, 0.29) is 28.3 Å². The van der Waals surface area contributed by atoms with Gasteiger partial charge < -0.3 is 15.0 Å². The Bertz CT molecular complexity index is 921. The highest BCUT2D eigenvalue weighted by Gasteiger charge is 2.34. The maximum atomic E-state index is 13.0. The van der Waals surface area contributed by atoms with Crippen molar-refractivity contribution in [3.05, 3.63) is 28.3 Å². The number of hydrogen-bond donors (Lipinski definition) is 1. The first-order chi connectivity index (χ1) is 14.9. The number of ether oxygens (including phenoxy) is 1. The van der Waals surface area contributed by atoms with E-state index in [1.807, 2.05) is 20.9 Å². The predicted molar refractivity (Wildman–Crippen MR) is 124 cm³/mol. The van der Waals surface area contributed by atoms with E-state index in [2.05, 4.69) is 29.0 Å². The van der Waals surface area contributed by atoms with Gasteiger partial charge in [0.2, 0.25) is 10.0 Å². The fraction of sp³-hybridized carbons (Fsp3) is 0.714. The van der Waals surface area contributed by atoms with Gasteiger partial charge in [-0.15, -0.1) is 0 Å². The second-order valence-electron chi connectivity index (χ2n) is 9.47. The third kappa shape index (κ3) is 5.57. The van der Waals surface area contributed by atoms with Crippen LogP contribution in [0.4, 0.5) is 11.4 Å². The molecule has 10 nitrogen and oxygen atoms in total. The van der Waals surface area contributed by atoms with Gasteiger partial charge in [-0.25, -0.2) is 8.42 Å². The van der Waals surface area contributed by atoms with E-state index in [4.69, 9.17) is 4.74 Å². The average molecular weight is 470 g/mol. The van der Waals surface area contributed by atoms with E-state index >= 15 is 0 Å². The van der Waals surface area contributed by atoms with Gasteiger partial charge in [0.15, 0.2) is 0 Å². The van der Waals surface area contributed by atoms with Crippen molar-refractivity contribution in [3.8, 4) is 0 Å². The van der Waals surface area contributed by atoms with Crippen LogP contribution in [0.5, 0.6) is 0 Å². The number of rotatable bonds is 7. The van der Waals surface area contributed by atoms with Crippen LogP contribution in [0.2, 0.25) is 0 Å². The maximum absolute atomic E-state index is 13.0. The molecule has 2 atom stereocenters. The van der Waals surface area contributed by atoms with Crippen molar-refractivity contribution >= 4 is 21.4 Å². The lowest BCUT2D eigenvalue weighted by Crippen LogP contribution is -2.57. The quantitative estimate of drug-likeness (QED) is 0.476. The molecule has 1 aromatic carbocycles. The highest BCUT2D eigenvalue weighted by atomic mass is 32.2. The number of nitro groups is 1. The largest absolute Gasteiger partial charge is 0.378 e. The summed E-state index contributed by atoms with van der Waals surface area (Å²) < 4.78 is 33.2. The van der Waals surface area contributed by atoms with Crippen LogP contribution >= 0.6 is 0 Å². The molecule has 1 N–H and O–H groups in total. The van der Waals surface area contributed by atoms with Crippen LogP contribution in [0.15, 0.2) is 23.1 Å². The zero-order valence-electron chi connectivity index (χ0n) is 19.6. The van der Waals surface area contributed by atoms with Crippen LogP contribution in [0.3, 0.4) is 0 Å². The minimum Gasteiger partial charge on any atom is -0.378 e. The Morgan fingerprint density at radius 2 is 1.75 bits per heavy atom. The summed E-state index contributed by atoms with van der Waals surface area (Å²) in [5.74, 6) is 0. The van der Waals surface area contributed by atoms with Crippen LogP contribution in [0.1, 0.15) is 27.7 Å². The van der Waals surface area contributed by atoms with E-state index in [0.29, 0.717) is 38.4 Å². The number of nitrogens with zero attached hydrogens (tertiary/aromatic N) is 4. The van der Waals surface area contributed by atoms with Gasteiger partial charge in [0.25, 0.3) is 5.69 Å². The van der Waals surface area contributed by atoms with Gasteiger partial charge in [-0.2, -0.15) is 4.31 Å². The Morgan fingerprint density at radius 1 is 1.16 bits per heavy atom. The highest BCUT2D eigenvalue weighted by molar-refractivity contribution is 7.89. The monoisotopic (exact) mass is 469 g/mol. The van der Waals surface area contributed by atoms with Crippen LogP contribution in [-0.4, -0.2) is 98.1 Å². The van der Waals surface area contributed by atoms with Crippen LogP contribution in [0.25, 0.3) is 0 Å². The second kappa shape index (κ2) is 9.60. The Labute approximate surface area is 190 Å². The fourth-order valence-electron chi connectivity index (χ4n) is 4.25. The molecule has 0 spiro atoms. The molecule has 0 radical (unpaired) electrons. The molecule has 32 heavy (non-hydrogen) atoms. The smallest absolute Gasteiger partial charge is 0.293 e. The van der Waals surface area contributed by atoms with Crippen molar-refractivity contribution in [3.63, 3.8) is 0 Å². The molecular formula is C21H35N5O5S. The van der Waals surface area contributed by atoms with Crippen molar-refractivity contribution < 1.29 is 18.1 Å². The molecule has 2 heterocycles. The zero-order chi connectivity index (χ0) is 23.7. The fourth-order valence-corrected chi connectivity index (χ4v) is 5.69. The second-order valence-corrected chi connectivity index (χ2v) is 11.4. The van der Waals surface area contributed by atoms with Crippen molar-refractivity contribution in [2.45, 2.75) is 50.3 Å². The van der Waals surface area contributed by atoms with Crippen LogP contribution < -0.4 is 5.32 Å². The molecule has 0 bridgehead atoms. The molecule has 0 aromatic heterocycles. The molecule has 2 saturated heterocycles. The summed E-state index contributed by atoms with van der Waals surface area (Å²) in [6, 6.07) is 4.12. The Morgan fingerprint density at radius 3 is 2.31 bits per heavy atom. The van der Waals surface area contributed by atoms with Crippen molar-refractivity contribution in [1.29, 1.82) is 0 Å². The number of sulfonamides is 1. The Kier molecular flexibility index (Phi) is 7.45. The summed E-state index contributed by atoms with van der Waals surface area (Å²) in [5, 5.41) is 14.9. The summed E-state index contributed by atoms with van der Waals surface area (Å²) in [7, 11) is -1.84. The standard InChI is InChI=1S/C21H35N5O5S/c1-16-13-24(14-17(2)31-16)21(3,4)15-22-19-7-6-18(12-20(19)26(27)28)32(29,30)25-10-8-23(5)9-11-25/h6-7,12,16-17,22H,8-11,13-15H2,1-5H3. The minimum atomic E-state index is -3.78. The molecule has 3 rings (SSSR count). The zero-order valence-corrected chi connectivity index (χ0v) is 20.4. The van der Waals surface area contributed by atoms with Crippen LogP contribution in [-0.2, 0) is 14.8 Å². The summed E-state index contributed by atoms with van der Waals surface area (Å²) in [5.41, 5.74) is -0.195. The highest BCUT2D eigenvalue weighted by Crippen LogP contribution is 2.30. The number of anilines is 1. The van der Waals surface area contributed by atoms with Crippen molar-refractivity contribution in [1.82, 2.24) is 14.1 Å². The van der Waals surface area contributed by atoms with Crippen LogP contribution in [0, 0.1) is 10.1 Å². The summed E-state index contributed by atoms with van der Waals surface area (Å²) in [4.78, 5) is 15.5. The van der Waals surface area contributed by atoms with Gasteiger partial charge in [-0.1, -0.05) is 0 Å². The third-order valence-electron chi connectivity index (χ3n) is 6.25. The Hall–Kier alpha value is -1.79. The number of nitrogens with one attached hydrogen (secondary N) is 1. The molecule has 0 amide bonds. The molecule has 2 unspecified atom stereocenters. The molecule has 180 valence electrons.